The molecular formula is C21H17ClF3N7O5. The number of benzene rings is 1. The number of hydrogen-bond donors (Lipinski definition) is 2. The quantitative estimate of drug-likeness (QED) is 0.335. The fourth-order valence-corrected chi connectivity index (χ4v) is 3.40. The van der Waals surface area contributed by atoms with Crippen LogP contribution in [0.25, 0.3) is 17.2 Å². The van der Waals surface area contributed by atoms with Gasteiger partial charge in [-0.3, -0.25) is 4.57 Å². The molecule has 0 fully saturated rings. The van der Waals surface area contributed by atoms with E-state index in [-0.39, 0.29) is 34.6 Å². The number of methoxy groups -OCH3 is 1. The summed E-state index contributed by atoms with van der Waals surface area (Å²) in [5.41, 5.74) is -0.758. The average molecular weight is 540 g/mol. The Balaban J connectivity index is 1.79. The minimum absolute atomic E-state index is 0.158. The molecule has 0 spiro atoms. The molecule has 0 amide bonds. The van der Waals surface area contributed by atoms with E-state index in [1.54, 1.807) is 0 Å². The topological polar surface area (TPSA) is 150 Å². The van der Waals surface area contributed by atoms with Crippen molar-refractivity contribution >= 4 is 17.6 Å². The molecule has 2 N–H and O–H groups in total. The van der Waals surface area contributed by atoms with Crippen molar-refractivity contribution in [1.82, 2.24) is 34.1 Å². The van der Waals surface area contributed by atoms with E-state index in [2.05, 4.69) is 24.9 Å². The van der Waals surface area contributed by atoms with Gasteiger partial charge < -0.3 is 14.9 Å². The zero-order valence-corrected chi connectivity index (χ0v) is 19.6. The van der Waals surface area contributed by atoms with E-state index in [4.69, 9.17) is 11.6 Å². The average Bonchev–Trinajstić information content (AvgIpc) is 3.40. The Bertz CT molecular complexity index is 1500. The SMILES string of the molecule is COC(=O)c1nc(Cn2nc(-c3ccc(Cl)cc3)n(C[C@H](O)C(F)(F)F)c2=O)nn1-c1ncccc1O. The molecule has 4 rings (SSSR count). The van der Waals surface area contributed by atoms with E-state index in [9.17, 15) is 33.0 Å². The first-order valence-corrected chi connectivity index (χ1v) is 10.7. The van der Waals surface area contributed by atoms with Crippen molar-refractivity contribution in [1.29, 1.82) is 0 Å². The number of ether oxygens (including phenoxy) is 1. The third kappa shape index (κ3) is 5.31. The van der Waals surface area contributed by atoms with Gasteiger partial charge in [0.05, 0.1) is 13.7 Å². The summed E-state index contributed by atoms with van der Waals surface area (Å²) in [4.78, 5) is 33.3. The van der Waals surface area contributed by atoms with Gasteiger partial charge in [0.25, 0.3) is 0 Å². The van der Waals surface area contributed by atoms with Crippen molar-refractivity contribution in [3.8, 4) is 23.0 Å². The standard InChI is InChI=1S/C21H17ClF3N7O5/c1-37-19(35)18-27-15(28-32(18)17-13(33)3-2-8-26-17)10-31-20(36)30(9-14(34)21(23,24)25)16(29-31)11-4-6-12(22)7-5-11/h2-8,14,33-34H,9-10H2,1H3/t14-/m0/s1. The number of carbonyl (C=O) groups excluding carboxylic acids is 1. The molecule has 0 bridgehead atoms. The number of pyridine rings is 1. The predicted molar refractivity (Wildman–Crippen MR) is 120 cm³/mol. The van der Waals surface area contributed by atoms with Crippen molar-refractivity contribution in [2.45, 2.75) is 25.4 Å². The van der Waals surface area contributed by atoms with Gasteiger partial charge in [-0.05, 0) is 36.4 Å². The number of aliphatic hydroxyl groups is 1. The number of nitrogens with zero attached hydrogens (tertiary/aromatic N) is 7. The van der Waals surface area contributed by atoms with Crippen LogP contribution in [-0.2, 0) is 17.8 Å². The van der Waals surface area contributed by atoms with Gasteiger partial charge in [0.2, 0.25) is 5.82 Å². The van der Waals surface area contributed by atoms with Crippen molar-refractivity contribution in [3.05, 3.63) is 69.8 Å². The van der Waals surface area contributed by atoms with Gasteiger partial charge in [0.15, 0.2) is 29.3 Å². The Hall–Kier alpha value is -4.24. The Morgan fingerprint density at radius 2 is 1.89 bits per heavy atom. The van der Waals surface area contributed by atoms with E-state index in [1.807, 2.05) is 0 Å². The molecule has 4 aromatic rings. The Morgan fingerprint density at radius 3 is 2.51 bits per heavy atom. The molecule has 0 aliphatic rings. The second-order valence-electron chi connectivity index (χ2n) is 7.54. The molecule has 0 unspecified atom stereocenters. The number of aliphatic hydroxyl groups excluding tert-OH is 1. The van der Waals surface area contributed by atoms with E-state index in [0.29, 0.717) is 9.59 Å². The van der Waals surface area contributed by atoms with Crippen LogP contribution in [0.4, 0.5) is 13.2 Å². The van der Waals surface area contributed by atoms with E-state index < -0.39 is 37.0 Å². The highest BCUT2D eigenvalue weighted by Crippen LogP contribution is 2.24. The second kappa shape index (κ2) is 10.0. The molecule has 194 valence electrons. The predicted octanol–water partition coefficient (Wildman–Crippen LogP) is 1.80. The molecule has 0 radical (unpaired) electrons. The van der Waals surface area contributed by atoms with Crippen LogP contribution in [0.2, 0.25) is 5.02 Å². The lowest BCUT2D eigenvalue weighted by molar-refractivity contribution is -0.207. The molecule has 12 nitrogen and oxygen atoms in total. The highest BCUT2D eigenvalue weighted by molar-refractivity contribution is 6.30. The third-order valence-electron chi connectivity index (χ3n) is 5.04. The molecule has 0 saturated carbocycles. The highest BCUT2D eigenvalue weighted by Gasteiger charge is 2.39. The first-order valence-electron chi connectivity index (χ1n) is 10.4. The van der Waals surface area contributed by atoms with Crippen LogP contribution in [0.3, 0.4) is 0 Å². The zero-order chi connectivity index (χ0) is 26.9. The van der Waals surface area contributed by atoms with Crippen LogP contribution >= 0.6 is 11.6 Å². The number of halogens is 4. The lowest BCUT2D eigenvalue weighted by Gasteiger charge is -2.15. The first kappa shape index (κ1) is 25.8. The van der Waals surface area contributed by atoms with Crippen LogP contribution in [-0.4, -0.2) is 69.7 Å². The molecule has 1 aromatic carbocycles. The van der Waals surface area contributed by atoms with E-state index in [1.165, 1.54) is 42.6 Å². The molecule has 3 aromatic heterocycles. The Morgan fingerprint density at radius 1 is 1.19 bits per heavy atom. The van der Waals surface area contributed by atoms with E-state index in [0.717, 1.165) is 16.5 Å². The summed E-state index contributed by atoms with van der Waals surface area (Å²) in [6.45, 7) is -1.61. The number of esters is 1. The molecule has 37 heavy (non-hydrogen) atoms. The lowest BCUT2D eigenvalue weighted by atomic mass is 10.2. The smallest absolute Gasteiger partial charge is 0.416 e. The van der Waals surface area contributed by atoms with Crippen LogP contribution in [0.1, 0.15) is 16.4 Å². The van der Waals surface area contributed by atoms with Crippen LogP contribution in [0, 0.1) is 0 Å². The lowest BCUT2D eigenvalue weighted by Crippen LogP contribution is -2.37. The molecule has 0 saturated heterocycles. The molecular weight excluding hydrogens is 523 g/mol. The van der Waals surface area contributed by atoms with Gasteiger partial charge in [0, 0.05) is 16.8 Å². The van der Waals surface area contributed by atoms with E-state index >= 15 is 0 Å². The van der Waals surface area contributed by atoms with Crippen LogP contribution in [0.15, 0.2) is 47.4 Å². The minimum Gasteiger partial charge on any atom is -0.504 e. The molecule has 0 aliphatic carbocycles. The summed E-state index contributed by atoms with van der Waals surface area (Å²) in [5.74, 6) is -2.16. The van der Waals surface area contributed by atoms with Crippen LogP contribution in [0.5, 0.6) is 5.75 Å². The maximum atomic E-state index is 13.1. The molecule has 1 atom stereocenters. The maximum Gasteiger partial charge on any atom is 0.416 e. The number of carbonyl (C=O) groups is 1. The number of aromatic nitrogens is 7. The summed E-state index contributed by atoms with van der Waals surface area (Å²) < 4.78 is 46.2. The summed E-state index contributed by atoms with van der Waals surface area (Å²) in [7, 11) is 1.09. The largest absolute Gasteiger partial charge is 0.504 e. The Labute approximate surface area is 210 Å². The summed E-state index contributed by atoms with van der Waals surface area (Å²) in [6.07, 6.45) is -6.50. The number of rotatable bonds is 7. The van der Waals surface area contributed by atoms with Crippen molar-refractivity contribution in [2.75, 3.05) is 7.11 Å². The number of hydrogen-bond acceptors (Lipinski definition) is 9. The normalized spacial score (nSPS) is 12.5. The Kier molecular flexibility index (Phi) is 7.00. The summed E-state index contributed by atoms with van der Waals surface area (Å²) >= 11 is 5.88. The summed E-state index contributed by atoms with van der Waals surface area (Å²) in [6, 6.07) is 8.52. The van der Waals surface area contributed by atoms with Gasteiger partial charge in [0.1, 0.15) is 6.54 Å². The molecule has 16 heteroatoms. The highest BCUT2D eigenvalue weighted by atomic mass is 35.5. The maximum absolute atomic E-state index is 13.1. The number of aromatic hydroxyl groups is 1. The van der Waals surface area contributed by atoms with Crippen molar-refractivity contribution in [2.24, 2.45) is 0 Å². The molecule has 0 aliphatic heterocycles. The van der Waals surface area contributed by atoms with Gasteiger partial charge in [-0.15, -0.1) is 10.2 Å². The minimum atomic E-state index is -4.99. The van der Waals surface area contributed by atoms with Gasteiger partial charge in [-0.1, -0.05) is 11.6 Å². The fourth-order valence-electron chi connectivity index (χ4n) is 3.28. The molecule has 3 heterocycles. The third-order valence-corrected chi connectivity index (χ3v) is 5.29. The van der Waals surface area contributed by atoms with Gasteiger partial charge >= 0.3 is 17.8 Å². The van der Waals surface area contributed by atoms with Crippen LogP contribution < -0.4 is 5.69 Å². The van der Waals surface area contributed by atoms with Gasteiger partial charge in [-0.25, -0.2) is 24.2 Å². The zero-order valence-electron chi connectivity index (χ0n) is 18.8. The van der Waals surface area contributed by atoms with Crippen molar-refractivity contribution < 1.29 is 32.9 Å². The first-order chi connectivity index (χ1) is 17.5. The fraction of sp³-hybridized carbons (Fsp3) is 0.238. The summed E-state index contributed by atoms with van der Waals surface area (Å²) in [5, 5.41) is 28.3. The monoisotopic (exact) mass is 539 g/mol. The second-order valence-corrected chi connectivity index (χ2v) is 7.98. The van der Waals surface area contributed by atoms with Gasteiger partial charge in [-0.2, -0.15) is 17.9 Å². The van der Waals surface area contributed by atoms with Crippen molar-refractivity contribution in [3.63, 3.8) is 0 Å². The number of alkyl halides is 3.